The molecule has 0 bridgehead atoms. The van der Waals surface area contributed by atoms with Gasteiger partial charge in [-0.25, -0.2) is 0 Å². The van der Waals surface area contributed by atoms with Gasteiger partial charge < -0.3 is 15.1 Å². The van der Waals surface area contributed by atoms with Crippen LogP contribution >= 0.6 is 0 Å². The van der Waals surface area contributed by atoms with Crippen LogP contribution in [-0.2, 0) is 0 Å². The van der Waals surface area contributed by atoms with Crippen LogP contribution < -0.4 is 5.32 Å². The summed E-state index contributed by atoms with van der Waals surface area (Å²) in [7, 11) is 4.38. The Kier molecular flexibility index (Phi) is 6.51. The average molecular weight is 296 g/mol. The zero-order chi connectivity index (χ0) is 15.3. The number of hydrogen-bond donors (Lipinski definition) is 1. The van der Waals surface area contributed by atoms with Crippen LogP contribution in [0.5, 0.6) is 0 Å². The van der Waals surface area contributed by atoms with Crippen molar-refractivity contribution in [1.29, 1.82) is 0 Å². The Bertz CT molecular complexity index is 291. The van der Waals surface area contributed by atoms with Crippen molar-refractivity contribution in [2.45, 2.75) is 58.4 Å². The molecule has 2 saturated carbocycles. The van der Waals surface area contributed by atoms with E-state index < -0.39 is 0 Å². The van der Waals surface area contributed by atoms with E-state index >= 15 is 0 Å². The lowest BCUT2D eigenvalue weighted by molar-refractivity contribution is 0.128. The second-order valence-electron chi connectivity index (χ2n) is 8.29. The largest absolute Gasteiger partial charge is 0.313 e. The van der Waals surface area contributed by atoms with Gasteiger partial charge in [0.1, 0.15) is 0 Å². The van der Waals surface area contributed by atoms with Crippen molar-refractivity contribution >= 4 is 0 Å². The minimum Gasteiger partial charge on any atom is -0.313 e. The Hall–Kier alpha value is -0.120. The normalized spacial score (nSPS) is 21.9. The van der Waals surface area contributed by atoms with E-state index in [9.17, 15) is 0 Å². The Morgan fingerprint density at radius 2 is 1.76 bits per heavy atom. The van der Waals surface area contributed by atoms with Crippen molar-refractivity contribution in [3.8, 4) is 0 Å². The lowest BCUT2D eigenvalue weighted by Gasteiger charge is -2.37. The summed E-state index contributed by atoms with van der Waals surface area (Å²) in [6.07, 6.45) is 8.57. The summed E-state index contributed by atoms with van der Waals surface area (Å²) in [5.41, 5.74) is 0.559. The standard InChI is InChI=1S/C18H37N3/c1-16(2)13-21(12-11-20(3)4)15-18(9-5-6-10-18)14-19-17-7-8-17/h16-17,19H,5-15H2,1-4H3. The maximum Gasteiger partial charge on any atom is 0.0109 e. The van der Waals surface area contributed by atoms with Crippen LogP contribution in [0.15, 0.2) is 0 Å². The SMILES string of the molecule is CC(C)CN(CCN(C)C)CC1(CNC2CC2)CCCC1. The molecule has 0 spiro atoms. The van der Waals surface area contributed by atoms with Gasteiger partial charge in [0, 0.05) is 38.8 Å². The van der Waals surface area contributed by atoms with Crippen LogP contribution in [0.25, 0.3) is 0 Å². The van der Waals surface area contributed by atoms with E-state index in [0.717, 1.165) is 12.0 Å². The molecule has 0 aromatic rings. The Morgan fingerprint density at radius 3 is 2.29 bits per heavy atom. The fourth-order valence-electron chi connectivity index (χ4n) is 3.73. The first kappa shape index (κ1) is 17.2. The molecule has 0 heterocycles. The molecule has 3 heteroatoms. The predicted molar refractivity (Wildman–Crippen MR) is 91.8 cm³/mol. The molecular weight excluding hydrogens is 258 g/mol. The number of nitrogens with zero attached hydrogens (tertiary/aromatic N) is 2. The molecule has 0 radical (unpaired) electrons. The molecule has 124 valence electrons. The predicted octanol–water partition coefficient (Wildman–Crippen LogP) is 2.82. The van der Waals surface area contributed by atoms with Gasteiger partial charge in [0.05, 0.1) is 0 Å². The van der Waals surface area contributed by atoms with Gasteiger partial charge >= 0.3 is 0 Å². The molecule has 2 aliphatic rings. The van der Waals surface area contributed by atoms with Gasteiger partial charge in [-0.3, -0.25) is 0 Å². The van der Waals surface area contributed by atoms with E-state index in [-0.39, 0.29) is 0 Å². The quantitative estimate of drug-likeness (QED) is 0.668. The van der Waals surface area contributed by atoms with Crippen molar-refractivity contribution in [2.24, 2.45) is 11.3 Å². The van der Waals surface area contributed by atoms with Gasteiger partial charge in [0.25, 0.3) is 0 Å². The third-order valence-corrected chi connectivity index (χ3v) is 5.05. The van der Waals surface area contributed by atoms with E-state index in [1.807, 2.05) is 0 Å². The molecule has 0 atom stereocenters. The van der Waals surface area contributed by atoms with Crippen molar-refractivity contribution in [3.63, 3.8) is 0 Å². The van der Waals surface area contributed by atoms with Crippen molar-refractivity contribution in [3.05, 3.63) is 0 Å². The van der Waals surface area contributed by atoms with Gasteiger partial charge in [-0.05, 0) is 51.1 Å². The molecule has 21 heavy (non-hydrogen) atoms. The Morgan fingerprint density at radius 1 is 1.10 bits per heavy atom. The summed E-state index contributed by atoms with van der Waals surface area (Å²) in [6.45, 7) is 10.9. The highest BCUT2D eigenvalue weighted by Gasteiger charge is 2.37. The number of rotatable bonds is 10. The monoisotopic (exact) mass is 295 g/mol. The molecule has 0 aliphatic heterocycles. The third kappa shape index (κ3) is 6.25. The summed E-state index contributed by atoms with van der Waals surface area (Å²) in [5, 5.41) is 3.83. The fourth-order valence-corrected chi connectivity index (χ4v) is 3.73. The number of hydrogen-bond acceptors (Lipinski definition) is 3. The minimum atomic E-state index is 0.559. The van der Waals surface area contributed by atoms with Gasteiger partial charge in [0.2, 0.25) is 0 Å². The van der Waals surface area contributed by atoms with Crippen LogP contribution in [0.1, 0.15) is 52.4 Å². The first-order valence-corrected chi connectivity index (χ1v) is 9.10. The maximum absolute atomic E-state index is 3.83. The van der Waals surface area contributed by atoms with Crippen LogP contribution in [0.4, 0.5) is 0 Å². The topological polar surface area (TPSA) is 18.5 Å². The van der Waals surface area contributed by atoms with E-state index in [1.165, 1.54) is 71.2 Å². The highest BCUT2D eigenvalue weighted by Crippen LogP contribution is 2.39. The zero-order valence-corrected chi connectivity index (χ0v) is 14.8. The van der Waals surface area contributed by atoms with Crippen LogP contribution in [0.2, 0.25) is 0 Å². The summed E-state index contributed by atoms with van der Waals surface area (Å²) in [6, 6.07) is 0.850. The highest BCUT2D eigenvalue weighted by molar-refractivity contribution is 4.92. The smallest absolute Gasteiger partial charge is 0.0109 e. The van der Waals surface area contributed by atoms with Crippen LogP contribution in [0, 0.1) is 11.3 Å². The first-order valence-electron chi connectivity index (χ1n) is 9.10. The minimum absolute atomic E-state index is 0.559. The second-order valence-corrected chi connectivity index (χ2v) is 8.29. The third-order valence-electron chi connectivity index (χ3n) is 5.05. The van der Waals surface area contributed by atoms with Crippen molar-refractivity contribution in [2.75, 3.05) is 46.8 Å². The van der Waals surface area contributed by atoms with Gasteiger partial charge in [-0.15, -0.1) is 0 Å². The van der Waals surface area contributed by atoms with Crippen LogP contribution in [-0.4, -0.2) is 62.7 Å². The van der Waals surface area contributed by atoms with Gasteiger partial charge in [-0.2, -0.15) is 0 Å². The summed E-state index contributed by atoms with van der Waals surface area (Å²) < 4.78 is 0. The number of nitrogens with one attached hydrogen (secondary N) is 1. The lowest BCUT2D eigenvalue weighted by atomic mass is 9.85. The molecule has 1 N–H and O–H groups in total. The van der Waals surface area contributed by atoms with Crippen molar-refractivity contribution in [1.82, 2.24) is 15.1 Å². The molecule has 0 amide bonds. The molecule has 0 aromatic carbocycles. The molecule has 0 aromatic heterocycles. The molecule has 2 rings (SSSR count). The van der Waals surface area contributed by atoms with Crippen LogP contribution in [0.3, 0.4) is 0 Å². The molecule has 2 aliphatic carbocycles. The average Bonchev–Trinajstić information content (AvgIpc) is 3.13. The van der Waals surface area contributed by atoms with Gasteiger partial charge in [0.15, 0.2) is 0 Å². The van der Waals surface area contributed by atoms with E-state index in [0.29, 0.717) is 5.41 Å². The summed E-state index contributed by atoms with van der Waals surface area (Å²) >= 11 is 0. The summed E-state index contributed by atoms with van der Waals surface area (Å²) in [4.78, 5) is 5.06. The zero-order valence-electron chi connectivity index (χ0n) is 14.8. The van der Waals surface area contributed by atoms with E-state index in [2.05, 4.69) is 43.1 Å². The Labute approximate surface area is 132 Å². The van der Waals surface area contributed by atoms with E-state index in [4.69, 9.17) is 0 Å². The fraction of sp³-hybridized carbons (Fsp3) is 1.00. The number of likely N-dealkylation sites (N-methyl/N-ethyl adjacent to an activating group) is 1. The lowest BCUT2D eigenvalue weighted by Crippen LogP contribution is -2.46. The highest BCUT2D eigenvalue weighted by atomic mass is 15.2. The first-order chi connectivity index (χ1) is 9.99. The second kappa shape index (κ2) is 7.94. The Balaban J connectivity index is 1.89. The summed E-state index contributed by atoms with van der Waals surface area (Å²) in [5.74, 6) is 0.766. The molecule has 3 nitrogen and oxygen atoms in total. The molecule has 0 saturated heterocycles. The van der Waals surface area contributed by atoms with E-state index in [1.54, 1.807) is 0 Å². The van der Waals surface area contributed by atoms with Crippen molar-refractivity contribution < 1.29 is 0 Å². The maximum atomic E-state index is 3.83. The molecule has 2 fully saturated rings. The molecular formula is C18H37N3. The molecule has 0 unspecified atom stereocenters. The van der Waals surface area contributed by atoms with Gasteiger partial charge in [-0.1, -0.05) is 26.7 Å².